The summed E-state index contributed by atoms with van der Waals surface area (Å²) in [4.78, 5) is 11.2. The molecule has 0 radical (unpaired) electrons. The van der Waals surface area contributed by atoms with Crippen LogP contribution in [0, 0.1) is 0 Å². The van der Waals surface area contributed by atoms with Crippen LogP contribution in [0.25, 0.3) is 56.2 Å². The van der Waals surface area contributed by atoms with Gasteiger partial charge in [0.1, 0.15) is 0 Å². The van der Waals surface area contributed by atoms with Gasteiger partial charge in [0.25, 0.3) is 0 Å². The van der Waals surface area contributed by atoms with E-state index in [1.165, 1.54) is 63.7 Å². The molecule has 0 N–H and O–H groups in total. The lowest BCUT2D eigenvalue weighted by atomic mass is 10.1. The SMILES string of the molecule is c1ccc(-c2ccc([Si](c3ccccc3)(c3ccccc3)c3cc(-c4nc(-c5ccccc5)cc(-c5ccccc5)n4)cc([Si](c4ccccc4)(c4ccccc4)c4ccc(-c5ccccc5)cc4)c3)cc2)cc1. The smallest absolute Gasteiger partial charge is 0.179 e. The predicted octanol–water partition coefficient (Wildman–Crippen LogP) is 11.6. The second-order valence-electron chi connectivity index (χ2n) is 18.8. The van der Waals surface area contributed by atoms with Crippen molar-refractivity contribution in [3.8, 4) is 56.2 Å². The molecule has 0 spiro atoms. The first-order valence-electron chi connectivity index (χ1n) is 25.4. The van der Waals surface area contributed by atoms with Crippen LogP contribution in [0.15, 0.2) is 315 Å². The maximum Gasteiger partial charge on any atom is 0.179 e. The van der Waals surface area contributed by atoms with Crippen molar-refractivity contribution in [3.63, 3.8) is 0 Å². The molecule has 0 unspecified atom stereocenters. The Balaban J connectivity index is 1.23. The van der Waals surface area contributed by atoms with Crippen LogP contribution in [-0.4, -0.2) is 26.1 Å². The average Bonchev–Trinajstić information content (AvgIpc) is 3.50. The third-order valence-corrected chi connectivity index (χ3v) is 24.1. The molecule has 0 aliphatic rings. The molecule has 0 aliphatic heterocycles. The standard InChI is InChI=1S/C70H52N2Si2/c1-9-25-53(26-10-1)55-41-45-64(46-42-55)73(60-33-17-5-18-34-60,61-35-19-6-20-36-61)66-49-59(70-71-68(57-29-13-3-14-30-57)52-69(72-70)58-31-15-4-16-32-58)50-67(51-66)74(62-37-21-7-22-38-62,63-39-23-8-24-40-63)65-47-43-56(44-48-65)54-27-11-2-12-28-54/h1-52H. The van der Waals surface area contributed by atoms with Gasteiger partial charge in [-0.1, -0.05) is 309 Å². The minimum absolute atomic E-state index is 0.681. The second-order valence-corrected chi connectivity index (χ2v) is 26.5. The second kappa shape index (κ2) is 20.6. The lowest BCUT2D eigenvalue weighted by Gasteiger charge is -2.38. The van der Waals surface area contributed by atoms with E-state index in [9.17, 15) is 0 Å². The highest BCUT2D eigenvalue weighted by atomic mass is 28.3. The summed E-state index contributed by atoms with van der Waals surface area (Å²) in [7, 11) is -6.49. The third kappa shape index (κ3) is 8.66. The van der Waals surface area contributed by atoms with Crippen LogP contribution in [0.1, 0.15) is 0 Å². The van der Waals surface area contributed by atoms with Gasteiger partial charge in [-0.3, -0.25) is 0 Å². The maximum atomic E-state index is 5.59. The van der Waals surface area contributed by atoms with E-state index < -0.39 is 16.1 Å². The lowest BCUT2D eigenvalue weighted by Crippen LogP contribution is -2.78. The van der Waals surface area contributed by atoms with Gasteiger partial charge in [0.15, 0.2) is 22.0 Å². The van der Waals surface area contributed by atoms with Crippen LogP contribution in [0.2, 0.25) is 0 Å². The van der Waals surface area contributed by atoms with Crippen LogP contribution < -0.4 is 41.5 Å². The molecule has 2 nitrogen and oxygen atoms in total. The summed E-state index contributed by atoms with van der Waals surface area (Å²) in [5.41, 5.74) is 9.56. The first-order chi connectivity index (χ1) is 36.7. The molecule has 0 saturated carbocycles. The zero-order chi connectivity index (χ0) is 49.6. The number of nitrogens with zero attached hydrogens (tertiary/aromatic N) is 2. The molecule has 0 fully saturated rings. The number of aromatic nitrogens is 2. The molecule has 74 heavy (non-hydrogen) atoms. The first-order valence-corrected chi connectivity index (χ1v) is 29.4. The molecule has 0 amide bonds. The van der Waals surface area contributed by atoms with Gasteiger partial charge in [-0.2, -0.15) is 0 Å². The average molecular weight is 977 g/mol. The molecular formula is C70H52N2Si2. The summed E-state index contributed by atoms with van der Waals surface area (Å²) < 4.78 is 0. The number of hydrogen-bond donors (Lipinski definition) is 0. The molecule has 1 heterocycles. The quantitative estimate of drug-likeness (QED) is 0.0850. The topological polar surface area (TPSA) is 25.8 Å². The molecule has 0 bridgehead atoms. The maximum absolute atomic E-state index is 5.59. The summed E-state index contributed by atoms with van der Waals surface area (Å²) in [5.74, 6) is 0.681. The Morgan fingerprint density at radius 1 is 0.176 bits per heavy atom. The van der Waals surface area contributed by atoms with Gasteiger partial charge in [0, 0.05) is 16.7 Å². The van der Waals surface area contributed by atoms with Crippen molar-refractivity contribution >= 4 is 57.6 Å². The molecule has 4 heteroatoms. The third-order valence-electron chi connectivity index (χ3n) is 14.6. The molecule has 0 aliphatic carbocycles. The van der Waals surface area contributed by atoms with E-state index in [2.05, 4.69) is 315 Å². The zero-order valence-corrected chi connectivity index (χ0v) is 42.9. The Kier molecular flexibility index (Phi) is 12.8. The van der Waals surface area contributed by atoms with E-state index in [1.54, 1.807) is 0 Å². The Labute approximate surface area is 436 Å². The Morgan fingerprint density at radius 3 is 0.716 bits per heavy atom. The highest BCUT2D eigenvalue weighted by Crippen LogP contribution is 2.29. The highest BCUT2D eigenvalue weighted by molar-refractivity contribution is 7.22. The number of hydrogen-bond acceptors (Lipinski definition) is 2. The molecule has 350 valence electrons. The fourth-order valence-corrected chi connectivity index (χ4v) is 20.9. The van der Waals surface area contributed by atoms with Crippen LogP contribution in [-0.2, 0) is 0 Å². The number of rotatable bonds is 13. The minimum Gasteiger partial charge on any atom is -0.228 e. The van der Waals surface area contributed by atoms with Crippen molar-refractivity contribution in [1.82, 2.24) is 9.97 Å². The van der Waals surface area contributed by atoms with Crippen molar-refractivity contribution < 1.29 is 0 Å². The fraction of sp³-hybridized carbons (Fsp3) is 0. The van der Waals surface area contributed by atoms with E-state index in [-0.39, 0.29) is 0 Å². The predicted molar refractivity (Wildman–Crippen MR) is 316 cm³/mol. The summed E-state index contributed by atoms with van der Waals surface area (Å²) in [6.45, 7) is 0. The van der Waals surface area contributed by atoms with Crippen molar-refractivity contribution in [3.05, 3.63) is 315 Å². The lowest BCUT2D eigenvalue weighted by molar-refractivity contribution is 1.18. The number of benzene rings is 11. The normalized spacial score (nSPS) is 11.5. The van der Waals surface area contributed by atoms with Crippen molar-refractivity contribution in [1.29, 1.82) is 0 Å². The fourth-order valence-electron chi connectivity index (χ4n) is 11.1. The summed E-state index contributed by atoms with van der Waals surface area (Å²) in [6, 6.07) is 116. The van der Waals surface area contributed by atoms with Gasteiger partial charge in [-0.05, 0) is 69.8 Å². The Bertz CT molecular complexity index is 3440. The van der Waals surface area contributed by atoms with E-state index >= 15 is 0 Å². The molecule has 12 rings (SSSR count). The summed E-state index contributed by atoms with van der Waals surface area (Å²) >= 11 is 0. The van der Waals surface area contributed by atoms with Crippen molar-refractivity contribution in [2.45, 2.75) is 0 Å². The van der Waals surface area contributed by atoms with Gasteiger partial charge < -0.3 is 0 Å². The first kappa shape index (κ1) is 46.0. The van der Waals surface area contributed by atoms with Crippen molar-refractivity contribution in [2.75, 3.05) is 0 Å². The summed E-state index contributed by atoms with van der Waals surface area (Å²) in [5, 5.41) is 10.3. The molecule has 11 aromatic carbocycles. The van der Waals surface area contributed by atoms with Crippen LogP contribution in [0.5, 0.6) is 0 Å². The molecule has 0 atom stereocenters. The van der Waals surface area contributed by atoms with E-state index in [4.69, 9.17) is 9.97 Å². The van der Waals surface area contributed by atoms with Crippen LogP contribution >= 0.6 is 0 Å². The largest absolute Gasteiger partial charge is 0.228 e. The van der Waals surface area contributed by atoms with Gasteiger partial charge in [0.2, 0.25) is 0 Å². The van der Waals surface area contributed by atoms with E-state index in [0.29, 0.717) is 5.82 Å². The van der Waals surface area contributed by atoms with Gasteiger partial charge in [-0.15, -0.1) is 0 Å². The van der Waals surface area contributed by atoms with Gasteiger partial charge >= 0.3 is 0 Å². The monoisotopic (exact) mass is 976 g/mol. The summed E-state index contributed by atoms with van der Waals surface area (Å²) in [6.07, 6.45) is 0. The van der Waals surface area contributed by atoms with Crippen LogP contribution in [0.3, 0.4) is 0 Å². The minimum atomic E-state index is -3.24. The van der Waals surface area contributed by atoms with E-state index in [1.807, 2.05) is 0 Å². The van der Waals surface area contributed by atoms with Crippen LogP contribution in [0.4, 0.5) is 0 Å². The van der Waals surface area contributed by atoms with Gasteiger partial charge in [-0.25, -0.2) is 9.97 Å². The van der Waals surface area contributed by atoms with Gasteiger partial charge in [0.05, 0.1) is 11.4 Å². The van der Waals surface area contributed by atoms with E-state index in [0.717, 1.165) is 28.1 Å². The molecule has 1 aromatic heterocycles. The highest BCUT2D eigenvalue weighted by Gasteiger charge is 2.46. The molecule has 0 saturated heterocycles. The zero-order valence-electron chi connectivity index (χ0n) is 40.9. The molecular weight excluding hydrogens is 925 g/mol. The Hall–Kier alpha value is -9.07. The van der Waals surface area contributed by atoms with Crippen molar-refractivity contribution in [2.24, 2.45) is 0 Å². The Morgan fingerprint density at radius 2 is 0.419 bits per heavy atom. The molecule has 12 aromatic rings.